The van der Waals surface area contributed by atoms with E-state index in [1.54, 1.807) is 11.9 Å². The van der Waals surface area contributed by atoms with Gasteiger partial charge in [0, 0.05) is 20.1 Å². The van der Waals surface area contributed by atoms with Crippen LogP contribution in [0.3, 0.4) is 0 Å². The quantitative estimate of drug-likeness (QED) is 0.833. The van der Waals surface area contributed by atoms with Crippen LogP contribution in [0.25, 0.3) is 0 Å². The van der Waals surface area contributed by atoms with E-state index in [0.29, 0.717) is 12.8 Å². The molecule has 0 aromatic carbocycles. The predicted octanol–water partition coefficient (Wildman–Crippen LogP) is 0.814. The maximum atomic E-state index is 12.4. The van der Waals surface area contributed by atoms with Crippen molar-refractivity contribution in [2.24, 2.45) is 17.8 Å². The largest absolute Gasteiger partial charge is 0.481 e. The van der Waals surface area contributed by atoms with Gasteiger partial charge in [0.05, 0.1) is 18.4 Å². The first-order valence-corrected chi connectivity index (χ1v) is 7.65. The van der Waals surface area contributed by atoms with E-state index in [1.165, 1.54) is 4.90 Å². The molecule has 2 rings (SSSR count). The molecule has 2 amide bonds. The van der Waals surface area contributed by atoms with Crippen LogP contribution in [0.1, 0.15) is 32.6 Å². The van der Waals surface area contributed by atoms with Crippen molar-refractivity contribution in [2.45, 2.75) is 32.6 Å². The van der Waals surface area contributed by atoms with Gasteiger partial charge in [-0.25, -0.2) is 0 Å². The molecule has 1 unspecified atom stereocenters. The SMILES string of the molecule is CC1C[C@H](C(=O)N(C)CC(=O)N2CCCC2)[C@H](C(=O)O)C1. The summed E-state index contributed by atoms with van der Waals surface area (Å²) in [5.41, 5.74) is 0. The molecular formula is C15H24N2O4. The maximum Gasteiger partial charge on any atom is 0.307 e. The number of carbonyl (C=O) groups excluding carboxylic acids is 2. The summed E-state index contributed by atoms with van der Waals surface area (Å²) in [6.07, 6.45) is 3.17. The van der Waals surface area contributed by atoms with E-state index < -0.39 is 17.8 Å². The Hall–Kier alpha value is -1.59. The van der Waals surface area contributed by atoms with Crippen molar-refractivity contribution in [3.63, 3.8) is 0 Å². The monoisotopic (exact) mass is 296 g/mol. The van der Waals surface area contributed by atoms with Crippen molar-refractivity contribution in [3.05, 3.63) is 0 Å². The summed E-state index contributed by atoms with van der Waals surface area (Å²) in [5, 5.41) is 9.24. The molecule has 1 aliphatic heterocycles. The van der Waals surface area contributed by atoms with Crippen LogP contribution in [-0.2, 0) is 14.4 Å². The Morgan fingerprint density at radius 3 is 2.29 bits per heavy atom. The highest BCUT2D eigenvalue weighted by Crippen LogP contribution is 2.37. The standard InChI is InChI=1S/C15H24N2O4/c1-10-7-11(12(8-10)15(20)21)14(19)16(2)9-13(18)17-5-3-4-6-17/h10-12H,3-9H2,1-2H3,(H,20,21)/t10?,11-,12+/m0/s1. The zero-order valence-corrected chi connectivity index (χ0v) is 12.7. The number of rotatable bonds is 4. The van der Waals surface area contributed by atoms with Crippen LogP contribution in [0.5, 0.6) is 0 Å². The van der Waals surface area contributed by atoms with Gasteiger partial charge in [0.2, 0.25) is 11.8 Å². The fourth-order valence-electron chi connectivity index (χ4n) is 3.47. The van der Waals surface area contributed by atoms with Gasteiger partial charge in [-0.1, -0.05) is 6.92 Å². The van der Waals surface area contributed by atoms with Gasteiger partial charge in [0.1, 0.15) is 0 Å². The Morgan fingerprint density at radius 2 is 1.71 bits per heavy atom. The molecule has 118 valence electrons. The summed E-state index contributed by atoms with van der Waals surface area (Å²) in [6.45, 7) is 3.55. The average molecular weight is 296 g/mol. The number of amides is 2. The zero-order valence-electron chi connectivity index (χ0n) is 12.7. The Bertz CT molecular complexity index is 431. The Labute approximate surface area is 125 Å². The van der Waals surface area contributed by atoms with Crippen molar-refractivity contribution >= 4 is 17.8 Å². The number of nitrogens with zero attached hydrogens (tertiary/aromatic N) is 2. The highest BCUT2D eigenvalue weighted by molar-refractivity contribution is 5.89. The molecule has 21 heavy (non-hydrogen) atoms. The first kappa shape index (κ1) is 15.8. The van der Waals surface area contributed by atoms with Crippen LogP contribution < -0.4 is 0 Å². The van der Waals surface area contributed by atoms with Gasteiger partial charge < -0.3 is 14.9 Å². The van der Waals surface area contributed by atoms with Crippen molar-refractivity contribution in [1.29, 1.82) is 0 Å². The lowest BCUT2D eigenvalue weighted by Crippen LogP contribution is -2.43. The molecule has 0 aromatic rings. The van der Waals surface area contributed by atoms with Crippen molar-refractivity contribution in [1.82, 2.24) is 9.80 Å². The van der Waals surface area contributed by atoms with Crippen LogP contribution in [0.15, 0.2) is 0 Å². The second-order valence-electron chi connectivity index (χ2n) is 6.41. The van der Waals surface area contributed by atoms with E-state index in [2.05, 4.69) is 0 Å². The van der Waals surface area contributed by atoms with Gasteiger partial charge in [0.25, 0.3) is 0 Å². The second-order valence-corrected chi connectivity index (χ2v) is 6.41. The molecule has 1 saturated heterocycles. The van der Waals surface area contributed by atoms with E-state index in [1.807, 2.05) is 6.92 Å². The number of aliphatic carboxylic acids is 1. The highest BCUT2D eigenvalue weighted by Gasteiger charge is 2.42. The molecule has 2 fully saturated rings. The molecule has 3 atom stereocenters. The molecule has 0 radical (unpaired) electrons. The summed E-state index contributed by atoms with van der Waals surface area (Å²) < 4.78 is 0. The first-order chi connectivity index (χ1) is 9.90. The minimum absolute atomic E-state index is 0.0405. The molecule has 6 nitrogen and oxygen atoms in total. The fraction of sp³-hybridized carbons (Fsp3) is 0.800. The van der Waals surface area contributed by atoms with Crippen LogP contribution >= 0.6 is 0 Å². The number of likely N-dealkylation sites (N-methyl/N-ethyl adjacent to an activating group) is 1. The molecule has 1 saturated carbocycles. The van der Waals surface area contributed by atoms with Gasteiger partial charge in [-0.3, -0.25) is 14.4 Å². The van der Waals surface area contributed by atoms with E-state index in [-0.39, 0.29) is 24.3 Å². The lowest BCUT2D eigenvalue weighted by molar-refractivity contribution is -0.149. The maximum absolute atomic E-state index is 12.4. The number of carboxylic acids is 1. The van der Waals surface area contributed by atoms with Crippen LogP contribution in [0, 0.1) is 17.8 Å². The van der Waals surface area contributed by atoms with Crippen molar-refractivity contribution in [2.75, 3.05) is 26.7 Å². The molecule has 1 heterocycles. The number of hydrogen-bond donors (Lipinski definition) is 1. The minimum Gasteiger partial charge on any atom is -0.481 e. The smallest absolute Gasteiger partial charge is 0.307 e. The molecule has 0 aromatic heterocycles. The topological polar surface area (TPSA) is 77.9 Å². The highest BCUT2D eigenvalue weighted by atomic mass is 16.4. The molecule has 2 aliphatic rings. The molecule has 0 bridgehead atoms. The Kier molecular flexibility index (Phi) is 4.85. The number of likely N-dealkylation sites (tertiary alicyclic amines) is 1. The second kappa shape index (κ2) is 6.45. The van der Waals surface area contributed by atoms with Crippen LogP contribution in [0.2, 0.25) is 0 Å². The minimum atomic E-state index is -0.906. The van der Waals surface area contributed by atoms with Crippen LogP contribution in [0.4, 0.5) is 0 Å². The van der Waals surface area contributed by atoms with Gasteiger partial charge in [-0.2, -0.15) is 0 Å². The zero-order chi connectivity index (χ0) is 15.6. The lowest BCUT2D eigenvalue weighted by Gasteiger charge is -2.25. The molecule has 6 heteroatoms. The third-order valence-electron chi connectivity index (χ3n) is 4.64. The lowest BCUT2D eigenvalue weighted by atomic mass is 9.95. The predicted molar refractivity (Wildman–Crippen MR) is 76.5 cm³/mol. The van der Waals surface area contributed by atoms with Crippen molar-refractivity contribution in [3.8, 4) is 0 Å². The molecule has 1 aliphatic carbocycles. The van der Waals surface area contributed by atoms with Gasteiger partial charge in [0.15, 0.2) is 0 Å². The third kappa shape index (κ3) is 3.54. The van der Waals surface area contributed by atoms with Gasteiger partial charge >= 0.3 is 5.97 Å². The number of hydrogen-bond acceptors (Lipinski definition) is 3. The van der Waals surface area contributed by atoms with E-state index >= 15 is 0 Å². The first-order valence-electron chi connectivity index (χ1n) is 7.65. The number of carbonyl (C=O) groups is 3. The van der Waals surface area contributed by atoms with Crippen molar-refractivity contribution < 1.29 is 19.5 Å². The average Bonchev–Trinajstić information content (AvgIpc) is 3.06. The summed E-state index contributed by atoms with van der Waals surface area (Å²) in [4.78, 5) is 39.0. The van der Waals surface area contributed by atoms with E-state index in [9.17, 15) is 19.5 Å². The van der Waals surface area contributed by atoms with E-state index in [4.69, 9.17) is 0 Å². The van der Waals surface area contributed by atoms with Gasteiger partial charge in [-0.05, 0) is 31.6 Å². The van der Waals surface area contributed by atoms with E-state index in [0.717, 1.165) is 25.9 Å². The summed E-state index contributed by atoms with van der Waals surface area (Å²) >= 11 is 0. The molecule has 1 N–H and O–H groups in total. The summed E-state index contributed by atoms with van der Waals surface area (Å²) in [5.74, 6) is -2.02. The number of carboxylic acid groups (broad SMARTS) is 1. The molecular weight excluding hydrogens is 272 g/mol. The van der Waals surface area contributed by atoms with Gasteiger partial charge in [-0.15, -0.1) is 0 Å². The summed E-state index contributed by atoms with van der Waals surface area (Å²) in [6, 6.07) is 0. The summed E-state index contributed by atoms with van der Waals surface area (Å²) in [7, 11) is 1.60. The van der Waals surface area contributed by atoms with Crippen LogP contribution in [-0.4, -0.2) is 59.4 Å². The Morgan fingerprint density at radius 1 is 1.14 bits per heavy atom. The Balaban J connectivity index is 1.94. The fourth-order valence-corrected chi connectivity index (χ4v) is 3.47. The third-order valence-corrected chi connectivity index (χ3v) is 4.64. The normalized spacial score (nSPS) is 28.7. The molecule has 0 spiro atoms.